The van der Waals surface area contributed by atoms with Crippen molar-refractivity contribution in [2.75, 3.05) is 6.61 Å². The number of allylic oxidation sites excluding steroid dienone is 1. The van der Waals surface area contributed by atoms with Crippen molar-refractivity contribution in [3.63, 3.8) is 0 Å². The molecule has 4 rings (SSSR count). The molecule has 0 aromatic rings. The number of ketones is 2. The lowest BCUT2D eigenvalue weighted by atomic mass is 9.46. The molecule has 7 heteroatoms. The fourth-order valence-electron chi connectivity index (χ4n) is 7.71. The summed E-state index contributed by atoms with van der Waals surface area (Å²) in [6, 6.07) is 0. The molecule has 0 spiro atoms. The monoisotopic (exact) mass is 462 g/mol. The number of thioether (sulfide) groups is 1. The lowest BCUT2D eigenvalue weighted by molar-refractivity contribution is -0.169. The fourth-order valence-corrected chi connectivity index (χ4v) is 8.93. The highest BCUT2D eigenvalue weighted by Crippen LogP contribution is 2.68. The summed E-state index contributed by atoms with van der Waals surface area (Å²) in [6.45, 7) is 6.72. The molecule has 0 bridgehead atoms. The molecule has 176 valence electrons. The Bertz CT molecular complexity index is 895. The Hall–Kier alpha value is -1.47. The van der Waals surface area contributed by atoms with Crippen LogP contribution in [0.4, 0.5) is 0 Å². The lowest BCUT2D eigenvalue weighted by Crippen LogP contribution is -2.59. The van der Waals surface area contributed by atoms with E-state index >= 15 is 0 Å². The van der Waals surface area contributed by atoms with Crippen LogP contribution in [0.25, 0.3) is 0 Å². The smallest absolute Gasteiger partial charge is 0.303 e. The van der Waals surface area contributed by atoms with Gasteiger partial charge in [-0.2, -0.15) is 0 Å². The summed E-state index contributed by atoms with van der Waals surface area (Å²) in [5.74, 6) is 0.0251. The van der Waals surface area contributed by atoms with E-state index in [1.807, 2.05) is 13.0 Å². The topological polar surface area (TPSA) is 97.7 Å². The molecule has 0 radical (unpaired) electrons. The Balaban J connectivity index is 1.65. The Morgan fingerprint density at radius 3 is 2.47 bits per heavy atom. The molecule has 1 N–H and O–H groups in total. The van der Waals surface area contributed by atoms with Crippen LogP contribution in [0.3, 0.4) is 0 Å². The summed E-state index contributed by atoms with van der Waals surface area (Å²) >= 11 is 1.31. The van der Waals surface area contributed by atoms with Gasteiger partial charge in [-0.1, -0.05) is 31.2 Å². The summed E-state index contributed by atoms with van der Waals surface area (Å²) < 4.78 is 4.94. The average molecular weight is 463 g/mol. The van der Waals surface area contributed by atoms with Gasteiger partial charge < -0.3 is 9.84 Å². The predicted molar refractivity (Wildman–Crippen MR) is 121 cm³/mol. The van der Waals surface area contributed by atoms with Gasteiger partial charge in [0.1, 0.15) is 5.60 Å². The number of hydrogen-bond donors (Lipinski definition) is 1. The molecular weight excluding hydrogens is 428 g/mol. The third-order valence-corrected chi connectivity index (χ3v) is 10.6. The summed E-state index contributed by atoms with van der Waals surface area (Å²) in [7, 11) is 0. The number of carbonyl (C=O) groups excluding carboxylic acids is 4. The molecule has 4 aliphatic rings. The zero-order chi connectivity index (χ0) is 23.5. The number of rotatable bonds is 4. The zero-order valence-corrected chi connectivity index (χ0v) is 20.3. The molecule has 3 fully saturated rings. The van der Waals surface area contributed by atoms with Crippen molar-refractivity contribution in [1.82, 2.24) is 0 Å². The molecule has 0 amide bonds. The number of ether oxygens (including phenoxy) is 1. The minimum Gasteiger partial charge on any atom is -0.458 e. The molecule has 7 atom stereocenters. The molecule has 3 saturated carbocycles. The van der Waals surface area contributed by atoms with Crippen LogP contribution in [-0.4, -0.2) is 45.2 Å². The third kappa shape index (κ3) is 3.42. The number of Topliss-reactive ketones (excluding diaryl/α,β-unsaturated/α-hetero) is 1. The van der Waals surface area contributed by atoms with Crippen molar-refractivity contribution >= 4 is 34.4 Å². The standard InChI is InChI=1S/C25H34O6S/c1-14(26)31-13-21(29)25(30)10-8-19-18-6-5-16-11-17(28)12-22(32-15(2)27)24(16,4)20(18)7-9-23(19,25)3/h11,18-20,22,30H,5-10,12-13H2,1-4H3/t18-,19-,20-,22+,23-,24-,25+/m0/s1. The summed E-state index contributed by atoms with van der Waals surface area (Å²) in [5, 5.41) is 11.6. The van der Waals surface area contributed by atoms with Gasteiger partial charge in [-0.25, -0.2) is 0 Å². The molecule has 0 aromatic heterocycles. The van der Waals surface area contributed by atoms with Crippen LogP contribution in [-0.2, 0) is 23.9 Å². The van der Waals surface area contributed by atoms with Crippen LogP contribution in [0.1, 0.15) is 72.6 Å². The second-order valence-corrected chi connectivity index (χ2v) is 12.1. The van der Waals surface area contributed by atoms with Gasteiger partial charge in [-0.05, 0) is 62.4 Å². The van der Waals surface area contributed by atoms with E-state index in [0.29, 0.717) is 31.1 Å². The van der Waals surface area contributed by atoms with Gasteiger partial charge in [0, 0.05) is 36.3 Å². The quantitative estimate of drug-likeness (QED) is 0.637. The van der Waals surface area contributed by atoms with Gasteiger partial charge in [-0.15, -0.1) is 0 Å². The first-order valence-corrected chi connectivity index (χ1v) is 12.6. The van der Waals surface area contributed by atoms with Crippen molar-refractivity contribution in [3.05, 3.63) is 11.6 Å². The van der Waals surface area contributed by atoms with E-state index in [2.05, 4.69) is 6.92 Å². The normalized spacial score (nSPS) is 42.9. The second kappa shape index (κ2) is 8.08. The Kier molecular flexibility index (Phi) is 5.98. The molecule has 4 aliphatic carbocycles. The minimum absolute atomic E-state index is 0.0411. The minimum atomic E-state index is -1.48. The van der Waals surface area contributed by atoms with Crippen molar-refractivity contribution in [2.24, 2.45) is 28.6 Å². The van der Waals surface area contributed by atoms with Crippen LogP contribution < -0.4 is 0 Å². The number of fused-ring (bicyclic) bond motifs is 5. The Morgan fingerprint density at radius 2 is 1.81 bits per heavy atom. The summed E-state index contributed by atoms with van der Waals surface area (Å²) in [6.07, 6.45) is 6.68. The van der Waals surface area contributed by atoms with Crippen LogP contribution in [0.15, 0.2) is 11.6 Å². The van der Waals surface area contributed by atoms with Gasteiger partial charge in [0.25, 0.3) is 0 Å². The van der Waals surface area contributed by atoms with E-state index in [0.717, 1.165) is 25.7 Å². The maximum absolute atomic E-state index is 13.0. The highest BCUT2D eigenvalue weighted by molar-refractivity contribution is 8.14. The molecule has 0 heterocycles. The maximum atomic E-state index is 13.0. The third-order valence-electron chi connectivity index (χ3n) is 9.36. The number of aliphatic hydroxyl groups is 1. The first-order valence-electron chi connectivity index (χ1n) is 11.7. The Labute approximate surface area is 193 Å². The largest absolute Gasteiger partial charge is 0.458 e. The van der Waals surface area contributed by atoms with Gasteiger partial charge >= 0.3 is 5.97 Å². The Morgan fingerprint density at radius 1 is 1.12 bits per heavy atom. The van der Waals surface area contributed by atoms with Gasteiger partial charge in [0.15, 0.2) is 17.5 Å². The van der Waals surface area contributed by atoms with E-state index in [-0.39, 0.29) is 34.1 Å². The van der Waals surface area contributed by atoms with E-state index in [9.17, 15) is 24.3 Å². The van der Waals surface area contributed by atoms with Crippen molar-refractivity contribution in [2.45, 2.75) is 83.5 Å². The van der Waals surface area contributed by atoms with Gasteiger partial charge in [-0.3, -0.25) is 19.2 Å². The van der Waals surface area contributed by atoms with Gasteiger partial charge in [0.2, 0.25) is 5.78 Å². The fraction of sp³-hybridized carbons (Fsp3) is 0.760. The van der Waals surface area contributed by atoms with Crippen molar-refractivity contribution in [1.29, 1.82) is 0 Å². The molecule has 0 aromatic carbocycles. The van der Waals surface area contributed by atoms with Crippen LogP contribution in [0, 0.1) is 28.6 Å². The predicted octanol–water partition coefficient (Wildman–Crippen LogP) is 3.64. The van der Waals surface area contributed by atoms with E-state index in [1.54, 1.807) is 6.92 Å². The van der Waals surface area contributed by atoms with Crippen LogP contribution in [0.5, 0.6) is 0 Å². The molecule has 0 aliphatic heterocycles. The lowest BCUT2D eigenvalue weighted by Gasteiger charge is -2.60. The number of carbonyl (C=O) groups is 4. The van der Waals surface area contributed by atoms with E-state index < -0.39 is 22.8 Å². The average Bonchev–Trinajstić information content (AvgIpc) is 2.99. The summed E-state index contributed by atoms with van der Waals surface area (Å²) in [4.78, 5) is 48.6. The number of esters is 1. The first kappa shape index (κ1) is 23.7. The number of hydrogen-bond acceptors (Lipinski definition) is 7. The maximum Gasteiger partial charge on any atom is 0.303 e. The summed E-state index contributed by atoms with van der Waals surface area (Å²) in [5.41, 5.74) is -1.09. The zero-order valence-electron chi connectivity index (χ0n) is 19.4. The van der Waals surface area contributed by atoms with E-state index in [1.165, 1.54) is 24.3 Å². The van der Waals surface area contributed by atoms with Crippen LogP contribution >= 0.6 is 11.8 Å². The first-order chi connectivity index (χ1) is 14.9. The van der Waals surface area contributed by atoms with Crippen molar-refractivity contribution < 1.29 is 29.0 Å². The van der Waals surface area contributed by atoms with Crippen molar-refractivity contribution in [3.8, 4) is 0 Å². The second-order valence-electron chi connectivity index (χ2n) is 10.7. The molecule has 6 nitrogen and oxygen atoms in total. The van der Waals surface area contributed by atoms with Gasteiger partial charge in [0.05, 0.1) is 0 Å². The molecular formula is C25H34O6S. The molecule has 0 saturated heterocycles. The molecule has 0 unspecified atom stereocenters. The van der Waals surface area contributed by atoms with E-state index in [4.69, 9.17) is 4.74 Å². The van der Waals surface area contributed by atoms with Crippen LogP contribution in [0.2, 0.25) is 0 Å². The SMILES string of the molecule is CC(=O)OCC(=O)[C@]1(O)CC[C@H]2[C@@H]3CCC4=CC(=O)C[C@@H](SC(C)=O)[C@]4(C)[C@H]3CC[C@@]21C. The molecule has 32 heavy (non-hydrogen) atoms. The highest BCUT2D eigenvalue weighted by atomic mass is 32.2. The highest BCUT2D eigenvalue weighted by Gasteiger charge is 2.67.